The molecule has 9 heteroatoms. The summed E-state index contributed by atoms with van der Waals surface area (Å²) in [6.07, 6.45) is 50.8. The zero-order valence-electron chi connectivity index (χ0n) is 39.8. The van der Waals surface area contributed by atoms with E-state index in [0.29, 0.717) is 23.9 Å². The van der Waals surface area contributed by atoms with Crippen molar-refractivity contribution < 1.29 is 32.9 Å². The van der Waals surface area contributed by atoms with Gasteiger partial charge in [-0.05, 0) is 44.9 Å². The number of carbonyl (C=O) groups is 1. The topological polar surface area (TPSA) is 105 Å². The van der Waals surface area contributed by atoms with Crippen molar-refractivity contribution in [3.8, 4) is 0 Å². The average molecular weight is 856 g/mol. The number of phosphoric acid groups is 1. The molecular formula is C50H100N2O6P+. The molecule has 0 radical (unpaired) electrons. The minimum atomic E-state index is -4.31. The predicted molar refractivity (Wildman–Crippen MR) is 254 cm³/mol. The molecule has 0 aromatic carbocycles. The van der Waals surface area contributed by atoms with Gasteiger partial charge in [0.1, 0.15) is 13.2 Å². The molecule has 0 aromatic heterocycles. The number of unbranched alkanes of at least 4 members (excludes halogenated alkanes) is 29. The fourth-order valence-electron chi connectivity index (χ4n) is 7.43. The van der Waals surface area contributed by atoms with Crippen molar-refractivity contribution in [1.82, 2.24) is 5.32 Å². The Morgan fingerprint density at radius 3 is 1.39 bits per heavy atom. The van der Waals surface area contributed by atoms with Crippen LogP contribution in [0.3, 0.4) is 0 Å². The largest absolute Gasteiger partial charge is 0.472 e. The summed E-state index contributed by atoms with van der Waals surface area (Å²) in [5.41, 5.74) is 0. The molecule has 0 spiro atoms. The van der Waals surface area contributed by atoms with Gasteiger partial charge in [-0.1, -0.05) is 212 Å². The van der Waals surface area contributed by atoms with Gasteiger partial charge < -0.3 is 19.8 Å². The standard InChI is InChI=1S/C50H99N2O6P/c1-6-8-10-12-14-16-18-19-20-21-22-23-24-25-26-27-28-29-30-31-32-33-34-36-38-40-42-44-50(54)51-48(47-58-59(55,56)57-46-45-52(3,4)5)49(53)43-41-39-37-35-17-15-13-11-9-7-2/h18-19,21-22,48-49,53H,6-17,20,23-47H2,1-5H3,(H-,51,54,55,56)/p+1/b19-18-,22-21-. The molecule has 0 saturated carbocycles. The maximum absolute atomic E-state index is 12.9. The van der Waals surface area contributed by atoms with Crippen LogP contribution in [0, 0.1) is 0 Å². The van der Waals surface area contributed by atoms with Gasteiger partial charge in [0.2, 0.25) is 5.91 Å². The Kier molecular flexibility index (Phi) is 41.6. The molecule has 0 aliphatic rings. The Morgan fingerprint density at radius 2 is 0.966 bits per heavy atom. The fourth-order valence-corrected chi connectivity index (χ4v) is 8.17. The summed E-state index contributed by atoms with van der Waals surface area (Å²) in [5.74, 6) is -0.144. The number of amides is 1. The van der Waals surface area contributed by atoms with E-state index in [1.807, 2.05) is 21.1 Å². The van der Waals surface area contributed by atoms with Crippen LogP contribution < -0.4 is 5.32 Å². The molecule has 1 amide bonds. The van der Waals surface area contributed by atoms with Gasteiger partial charge in [-0.3, -0.25) is 13.8 Å². The molecule has 350 valence electrons. The van der Waals surface area contributed by atoms with Gasteiger partial charge in [0.25, 0.3) is 0 Å². The lowest BCUT2D eigenvalue weighted by molar-refractivity contribution is -0.870. The van der Waals surface area contributed by atoms with Gasteiger partial charge >= 0.3 is 7.82 Å². The van der Waals surface area contributed by atoms with Gasteiger partial charge in [-0.15, -0.1) is 0 Å². The van der Waals surface area contributed by atoms with E-state index in [1.54, 1.807) is 0 Å². The van der Waals surface area contributed by atoms with Crippen molar-refractivity contribution >= 4 is 13.7 Å². The Bertz CT molecular complexity index is 1020. The van der Waals surface area contributed by atoms with Crippen molar-refractivity contribution in [2.75, 3.05) is 40.9 Å². The first-order chi connectivity index (χ1) is 28.5. The van der Waals surface area contributed by atoms with Crippen LogP contribution in [-0.2, 0) is 18.4 Å². The molecule has 3 atom stereocenters. The molecule has 0 aliphatic carbocycles. The van der Waals surface area contributed by atoms with Crippen LogP contribution in [0.1, 0.15) is 239 Å². The lowest BCUT2D eigenvalue weighted by Crippen LogP contribution is -2.46. The van der Waals surface area contributed by atoms with E-state index in [2.05, 4.69) is 43.5 Å². The Balaban J connectivity index is 4.06. The molecule has 0 saturated heterocycles. The Morgan fingerprint density at radius 1 is 0.576 bits per heavy atom. The third-order valence-electron chi connectivity index (χ3n) is 11.5. The van der Waals surface area contributed by atoms with Gasteiger partial charge in [-0.2, -0.15) is 0 Å². The molecule has 3 unspecified atom stereocenters. The summed E-state index contributed by atoms with van der Waals surface area (Å²) in [4.78, 5) is 23.2. The number of aliphatic hydroxyl groups is 1. The first-order valence-corrected chi connectivity index (χ1v) is 26.7. The van der Waals surface area contributed by atoms with Crippen LogP contribution in [0.4, 0.5) is 0 Å². The zero-order valence-corrected chi connectivity index (χ0v) is 40.7. The third-order valence-corrected chi connectivity index (χ3v) is 12.4. The first kappa shape index (κ1) is 58.0. The lowest BCUT2D eigenvalue weighted by atomic mass is 10.0. The van der Waals surface area contributed by atoms with E-state index >= 15 is 0 Å². The quantitative estimate of drug-likeness (QED) is 0.0244. The highest BCUT2D eigenvalue weighted by Crippen LogP contribution is 2.43. The highest BCUT2D eigenvalue weighted by molar-refractivity contribution is 7.47. The molecule has 3 N–H and O–H groups in total. The third kappa shape index (κ3) is 44.8. The normalized spacial score (nSPS) is 14.4. The molecule has 0 rings (SSSR count). The lowest BCUT2D eigenvalue weighted by Gasteiger charge is -2.26. The van der Waals surface area contributed by atoms with Crippen molar-refractivity contribution in [2.24, 2.45) is 0 Å². The summed E-state index contributed by atoms with van der Waals surface area (Å²) in [6, 6.07) is -0.756. The number of aliphatic hydroxyl groups excluding tert-OH is 1. The van der Waals surface area contributed by atoms with E-state index in [1.165, 1.54) is 167 Å². The Labute approximate surface area is 366 Å². The summed E-state index contributed by atoms with van der Waals surface area (Å²) >= 11 is 0. The molecule has 0 aliphatic heterocycles. The summed E-state index contributed by atoms with van der Waals surface area (Å²) in [7, 11) is 1.62. The predicted octanol–water partition coefficient (Wildman–Crippen LogP) is 14.5. The SMILES string of the molecule is CCCCCCC/C=C\C/C=C\CCCCCCCCCCCCCCCCCC(=O)NC(COP(=O)(O)OCC[N+](C)(C)C)C(O)CCCCCCCCCCCC. The summed E-state index contributed by atoms with van der Waals surface area (Å²) in [5, 5.41) is 13.9. The molecular weight excluding hydrogens is 756 g/mol. The van der Waals surface area contributed by atoms with Crippen LogP contribution in [0.5, 0.6) is 0 Å². The average Bonchev–Trinajstić information content (AvgIpc) is 3.19. The van der Waals surface area contributed by atoms with Crippen LogP contribution in [0.2, 0.25) is 0 Å². The molecule has 0 fully saturated rings. The van der Waals surface area contributed by atoms with E-state index in [4.69, 9.17) is 9.05 Å². The van der Waals surface area contributed by atoms with E-state index in [0.717, 1.165) is 44.9 Å². The fraction of sp³-hybridized carbons (Fsp3) is 0.900. The number of allylic oxidation sites excluding steroid dienone is 4. The number of carbonyl (C=O) groups excluding carboxylic acids is 1. The van der Waals surface area contributed by atoms with Crippen molar-refractivity contribution in [1.29, 1.82) is 0 Å². The van der Waals surface area contributed by atoms with Gasteiger partial charge in [0.05, 0.1) is 39.9 Å². The maximum atomic E-state index is 12.9. The molecule has 8 nitrogen and oxygen atoms in total. The van der Waals surface area contributed by atoms with Crippen molar-refractivity contribution in [3.63, 3.8) is 0 Å². The highest BCUT2D eigenvalue weighted by atomic mass is 31.2. The molecule has 0 heterocycles. The Hall–Kier alpha value is -1.02. The van der Waals surface area contributed by atoms with Crippen molar-refractivity contribution in [3.05, 3.63) is 24.3 Å². The number of rotatable bonds is 46. The van der Waals surface area contributed by atoms with Crippen LogP contribution >= 0.6 is 7.82 Å². The second kappa shape index (κ2) is 42.3. The van der Waals surface area contributed by atoms with E-state index in [-0.39, 0.29) is 19.1 Å². The van der Waals surface area contributed by atoms with E-state index < -0.39 is 20.0 Å². The minimum absolute atomic E-state index is 0.0759. The number of nitrogens with zero attached hydrogens (tertiary/aromatic N) is 1. The van der Waals surface area contributed by atoms with Gasteiger partial charge in [0, 0.05) is 6.42 Å². The number of hydrogen-bond donors (Lipinski definition) is 3. The zero-order chi connectivity index (χ0) is 43.6. The van der Waals surface area contributed by atoms with Crippen LogP contribution in [0.15, 0.2) is 24.3 Å². The highest BCUT2D eigenvalue weighted by Gasteiger charge is 2.28. The van der Waals surface area contributed by atoms with Crippen LogP contribution in [-0.4, -0.2) is 73.4 Å². The summed E-state index contributed by atoms with van der Waals surface area (Å²) in [6.45, 7) is 4.87. The number of phosphoric ester groups is 1. The molecule has 0 bridgehead atoms. The maximum Gasteiger partial charge on any atom is 0.472 e. The first-order valence-electron chi connectivity index (χ1n) is 25.2. The molecule has 0 aromatic rings. The van der Waals surface area contributed by atoms with Crippen molar-refractivity contribution in [2.45, 2.75) is 251 Å². The van der Waals surface area contributed by atoms with Gasteiger partial charge in [-0.25, -0.2) is 4.57 Å². The number of hydrogen-bond acceptors (Lipinski definition) is 5. The van der Waals surface area contributed by atoms with E-state index in [9.17, 15) is 19.4 Å². The van der Waals surface area contributed by atoms with Gasteiger partial charge in [0.15, 0.2) is 0 Å². The van der Waals surface area contributed by atoms with Crippen LogP contribution in [0.25, 0.3) is 0 Å². The minimum Gasteiger partial charge on any atom is -0.391 e. The monoisotopic (exact) mass is 856 g/mol. The number of quaternary nitrogens is 1. The summed E-state index contributed by atoms with van der Waals surface area (Å²) < 4.78 is 23.6. The second-order valence-corrected chi connectivity index (χ2v) is 20.0. The number of likely N-dealkylation sites (N-methyl/N-ethyl adjacent to an activating group) is 1. The molecule has 59 heavy (non-hydrogen) atoms. The second-order valence-electron chi connectivity index (χ2n) is 18.5. The number of nitrogens with one attached hydrogen (secondary N) is 1. The smallest absolute Gasteiger partial charge is 0.391 e.